The highest BCUT2D eigenvalue weighted by molar-refractivity contribution is 7.98. The van der Waals surface area contributed by atoms with E-state index < -0.39 is 12.0 Å². The first-order chi connectivity index (χ1) is 12.6. The van der Waals surface area contributed by atoms with Gasteiger partial charge < -0.3 is 15.5 Å². The van der Waals surface area contributed by atoms with Crippen LogP contribution in [0.1, 0.15) is 25.7 Å². The first-order valence-electron chi connectivity index (χ1n) is 9.03. The van der Waals surface area contributed by atoms with Gasteiger partial charge in [0.05, 0.1) is 5.92 Å². The topological polar surface area (TPSA) is 78.5 Å². The van der Waals surface area contributed by atoms with Crippen molar-refractivity contribution in [3.63, 3.8) is 0 Å². The molecule has 1 aromatic carbocycles. The van der Waals surface area contributed by atoms with Crippen LogP contribution in [-0.4, -0.2) is 48.4 Å². The van der Waals surface area contributed by atoms with Gasteiger partial charge in [0.25, 0.3) is 0 Å². The standard InChI is InChI=1S/C19H25N3O3S/c1-26-10-9-16(19(25)20-14-7-8-14)21-18(24)13-11-17(23)22(12-13)15-5-3-2-4-6-15/h2-6,13-14,16H,7-12H2,1H3,(H,20,25)(H,21,24)/t13-,16-/m0/s1. The van der Waals surface area contributed by atoms with Gasteiger partial charge in [0.2, 0.25) is 17.7 Å². The molecule has 1 heterocycles. The van der Waals surface area contributed by atoms with E-state index in [1.54, 1.807) is 16.7 Å². The molecule has 0 aromatic heterocycles. The third kappa shape index (κ3) is 4.78. The zero-order chi connectivity index (χ0) is 18.5. The summed E-state index contributed by atoms with van der Waals surface area (Å²) in [6.45, 7) is 0.355. The molecule has 2 N–H and O–H groups in total. The van der Waals surface area contributed by atoms with E-state index in [9.17, 15) is 14.4 Å². The van der Waals surface area contributed by atoms with Gasteiger partial charge in [0.1, 0.15) is 6.04 Å². The predicted molar refractivity (Wildman–Crippen MR) is 103 cm³/mol. The summed E-state index contributed by atoms with van der Waals surface area (Å²) in [4.78, 5) is 39.0. The molecule has 1 aliphatic carbocycles. The average Bonchev–Trinajstić information content (AvgIpc) is 3.37. The number of hydrogen-bond acceptors (Lipinski definition) is 4. The van der Waals surface area contributed by atoms with Crippen LogP contribution in [-0.2, 0) is 14.4 Å². The Hall–Kier alpha value is -2.02. The Balaban J connectivity index is 1.60. The van der Waals surface area contributed by atoms with Gasteiger partial charge in [-0.15, -0.1) is 0 Å². The second-order valence-corrected chi connectivity index (χ2v) is 7.85. The maximum Gasteiger partial charge on any atom is 0.242 e. The van der Waals surface area contributed by atoms with E-state index in [0.717, 1.165) is 24.3 Å². The van der Waals surface area contributed by atoms with Crippen molar-refractivity contribution in [2.75, 3.05) is 23.5 Å². The molecule has 2 atom stereocenters. The van der Waals surface area contributed by atoms with Gasteiger partial charge in [-0.1, -0.05) is 18.2 Å². The number of carbonyl (C=O) groups is 3. The van der Waals surface area contributed by atoms with E-state index >= 15 is 0 Å². The average molecular weight is 375 g/mol. The quantitative estimate of drug-likeness (QED) is 0.723. The molecule has 0 unspecified atom stereocenters. The van der Waals surface area contributed by atoms with Crippen molar-refractivity contribution in [2.24, 2.45) is 5.92 Å². The number of carbonyl (C=O) groups excluding carboxylic acids is 3. The Bertz CT molecular complexity index is 663. The van der Waals surface area contributed by atoms with E-state index in [-0.39, 0.29) is 30.2 Å². The van der Waals surface area contributed by atoms with Gasteiger partial charge in [-0.3, -0.25) is 14.4 Å². The van der Waals surface area contributed by atoms with Gasteiger partial charge >= 0.3 is 0 Å². The van der Waals surface area contributed by atoms with E-state index in [1.165, 1.54) is 0 Å². The van der Waals surface area contributed by atoms with Gasteiger partial charge in [-0.25, -0.2) is 0 Å². The minimum absolute atomic E-state index is 0.0561. The first-order valence-corrected chi connectivity index (χ1v) is 10.4. The zero-order valence-electron chi connectivity index (χ0n) is 14.9. The molecule has 3 amide bonds. The molecule has 7 heteroatoms. The summed E-state index contributed by atoms with van der Waals surface area (Å²) in [6, 6.07) is 9.09. The Kier molecular flexibility index (Phi) is 6.19. The molecule has 1 saturated heterocycles. The molecule has 0 spiro atoms. The van der Waals surface area contributed by atoms with Crippen molar-refractivity contribution >= 4 is 35.2 Å². The molecule has 3 rings (SSSR count). The largest absolute Gasteiger partial charge is 0.352 e. The Morgan fingerprint density at radius 1 is 1.27 bits per heavy atom. The fourth-order valence-corrected chi connectivity index (χ4v) is 3.54. The monoisotopic (exact) mass is 375 g/mol. The van der Waals surface area contributed by atoms with Crippen molar-refractivity contribution in [1.82, 2.24) is 10.6 Å². The Morgan fingerprint density at radius 2 is 2.00 bits per heavy atom. The number of hydrogen-bond donors (Lipinski definition) is 2. The number of para-hydroxylation sites is 1. The van der Waals surface area contributed by atoms with Crippen LogP contribution in [0.15, 0.2) is 30.3 Å². The fourth-order valence-electron chi connectivity index (χ4n) is 3.06. The summed E-state index contributed by atoms with van der Waals surface area (Å²) in [5, 5.41) is 5.84. The second kappa shape index (κ2) is 8.58. The molecule has 1 saturated carbocycles. The zero-order valence-corrected chi connectivity index (χ0v) is 15.8. The molecular formula is C19H25N3O3S. The first kappa shape index (κ1) is 18.8. The highest BCUT2D eigenvalue weighted by atomic mass is 32.2. The van der Waals surface area contributed by atoms with Gasteiger partial charge in [-0.2, -0.15) is 11.8 Å². The lowest BCUT2D eigenvalue weighted by Crippen LogP contribution is -2.49. The lowest BCUT2D eigenvalue weighted by molar-refractivity contribution is -0.131. The molecule has 2 fully saturated rings. The molecule has 2 aliphatic rings. The minimum atomic E-state index is -0.531. The van der Waals surface area contributed by atoms with Gasteiger partial charge in [0, 0.05) is 24.7 Å². The molecular weight excluding hydrogens is 350 g/mol. The maximum atomic E-state index is 12.7. The lowest BCUT2D eigenvalue weighted by Gasteiger charge is -2.20. The van der Waals surface area contributed by atoms with Crippen LogP contribution in [0.25, 0.3) is 0 Å². The number of nitrogens with one attached hydrogen (secondary N) is 2. The van der Waals surface area contributed by atoms with E-state index in [0.29, 0.717) is 13.0 Å². The second-order valence-electron chi connectivity index (χ2n) is 6.87. The smallest absolute Gasteiger partial charge is 0.242 e. The molecule has 1 aliphatic heterocycles. The van der Waals surface area contributed by atoms with Crippen molar-refractivity contribution in [3.8, 4) is 0 Å². The SMILES string of the molecule is CSCC[C@H](NC(=O)[C@H]1CC(=O)N(c2ccccc2)C1)C(=O)NC1CC1. The summed E-state index contributed by atoms with van der Waals surface area (Å²) in [5.41, 5.74) is 0.804. The van der Waals surface area contributed by atoms with Crippen LogP contribution in [0.2, 0.25) is 0 Å². The minimum Gasteiger partial charge on any atom is -0.352 e. The summed E-state index contributed by atoms with van der Waals surface area (Å²) in [7, 11) is 0. The molecule has 0 bridgehead atoms. The van der Waals surface area contributed by atoms with E-state index in [2.05, 4.69) is 10.6 Å². The van der Waals surface area contributed by atoms with Crippen molar-refractivity contribution in [3.05, 3.63) is 30.3 Å². The fraction of sp³-hybridized carbons (Fsp3) is 0.526. The van der Waals surface area contributed by atoms with Gasteiger partial charge in [-0.05, 0) is 43.4 Å². The van der Waals surface area contributed by atoms with Crippen LogP contribution in [0.3, 0.4) is 0 Å². The number of anilines is 1. The van der Waals surface area contributed by atoms with Gasteiger partial charge in [0.15, 0.2) is 0 Å². The number of rotatable bonds is 8. The summed E-state index contributed by atoms with van der Waals surface area (Å²) in [5.74, 6) is -0.0106. The van der Waals surface area contributed by atoms with Crippen LogP contribution in [0, 0.1) is 5.92 Å². The third-order valence-electron chi connectivity index (χ3n) is 4.73. The third-order valence-corrected chi connectivity index (χ3v) is 5.38. The molecule has 140 valence electrons. The molecule has 6 nitrogen and oxygen atoms in total. The van der Waals surface area contributed by atoms with Crippen molar-refractivity contribution in [1.29, 1.82) is 0 Å². The highest BCUT2D eigenvalue weighted by Crippen LogP contribution is 2.25. The number of amides is 3. The van der Waals surface area contributed by atoms with E-state index in [4.69, 9.17) is 0 Å². The number of benzene rings is 1. The van der Waals surface area contributed by atoms with Crippen LogP contribution < -0.4 is 15.5 Å². The Labute approximate surface area is 158 Å². The summed E-state index contributed by atoms with van der Waals surface area (Å²) in [6.07, 6.45) is 4.77. The normalized spacial score (nSPS) is 20.7. The summed E-state index contributed by atoms with van der Waals surface area (Å²) < 4.78 is 0. The predicted octanol–water partition coefficient (Wildman–Crippen LogP) is 1.56. The summed E-state index contributed by atoms with van der Waals surface area (Å²) >= 11 is 1.65. The molecule has 26 heavy (non-hydrogen) atoms. The van der Waals surface area contributed by atoms with Crippen LogP contribution >= 0.6 is 11.8 Å². The lowest BCUT2D eigenvalue weighted by atomic mass is 10.1. The molecule has 0 radical (unpaired) electrons. The Morgan fingerprint density at radius 3 is 2.65 bits per heavy atom. The number of thioether (sulfide) groups is 1. The van der Waals surface area contributed by atoms with Crippen LogP contribution in [0.5, 0.6) is 0 Å². The highest BCUT2D eigenvalue weighted by Gasteiger charge is 2.37. The van der Waals surface area contributed by atoms with Crippen molar-refractivity contribution < 1.29 is 14.4 Å². The van der Waals surface area contributed by atoms with E-state index in [1.807, 2.05) is 36.6 Å². The maximum absolute atomic E-state index is 12.7. The van der Waals surface area contributed by atoms with Crippen molar-refractivity contribution in [2.45, 2.75) is 37.8 Å². The molecule has 1 aromatic rings. The van der Waals surface area contributed by atoms with Crippen LogP contribution in [0.4, 0.5) is 5.69 Å². The number of nitrogens with zero attached hydrogens (tertiary/aromatic N) is 1.